The van der Waals surface area contributed by atoms with E-state index >= 15 is 0 Å². The molecule has 0 spiro atoms. The van der Waals surface area contributed by atoms with Gasteiger partial charge < -0.3 is 15.1 Å². The van der Waals surface area contributed by atoms with Gasteiger partial charge in [0.2, 0.25) is 15.6 Å². The summed E-state index contributed by atoms with van der Waals surface area (Å²) < 4.78 is 32.8. The highest BCUT2D eigenvalue weighted by molar-refractivity contribution is 7.89. The van der Waals surface area contributed by atoms with Crippen molar-refractivity contribution in [3.05, 3.63) is 51.6 Å². The molecule has 1 saturated carbocycles. The SMILES string of the molecule is CO/N=c1\[nH]c2c(C3CCNCC3C)cc(S(=O)(=O)NC3(C)CC3)cc2c(=O)n1Cc1cnn(C)c1. The zero-order chi connectivity index (χ0) is 25.7. The Balaban J connectivity index is 1.76. The van der Waals surface area contributed by atoms with Gasteiger partial charge in [-0.3, -0.25) is 14.0 Å². The predicted octanol–water partition coefficient (Wildman–Crippen LogP) is 1.12. The Morgan fingerprint density at radius 2 is 2.11 bits per heavy atom. The first-order valence-corrected chi connectivity index (χ1v) is 13.7. The van der Waals surface area contributed by atoms with Crippen LogP contribution in [-0.2, 0) is 28.5 Å². The summed E-state index contributed by atoms with van der Waals surface area (Å²) >= 11 is 0. The summed E-state index contributed by atoms with van der Waals surface area (Å²) in [7, 11) is -0.595. The number of fused-ring (bicyclic) bond motifs is 1. The number of aryl methyl sites for hydroxylation is 1. The summed E-state index contributed by atoms with van der Waals surface area (Å²) in [5.74, 6) is 0.323. The minimum atomic E-state index is -3.82. The number of H-pyrrole nitrogens is 1. The van der Waals surface area contributed by atoms with E-state index in [1.807, 2.05) is 13.1 Å². The lowest BCUT2D eigenvalue weighted by Gasteiger charge is -2.31. The first kappa shape index (κ1) is 24.7. The van der Waals surface area contributed by atoms with Crippen LogP contribution in [0.15, 0.2) is 39.4 Å². The summed E-state index contributed by atoms with van der Waals surface area (Å²) in [5, 5.41) is 12.0. The number of nitrogens with zero attached hydrogens (tertiary/aromatic N) is 4. The standard InChI is InChI=1S/C24H33N7O4S/c1-15-11-25-8-5-18(15)19-9-17(36(33,34)29-24(2)6-7-24)10-20-21(19)27-23(28-35-4)31(22(20)32)14-16-12-26-30(3)13-16/h9-10,12-13,15,18,25,29H,5-8,11,14H2,1-4H3,(H,27,28). The number of benzene rings is 1. The monoisotopic (exact) mass is 515 g/mol. The molecule has 2 atom stereocenters. The second kappa shape index (κ2) is 9.16. The molecule has 194 valence electrons. The van der Waals surface area contributed by atoms with Crippen molar-refractivity contribution < 1.29 is 13.3 Å². The molecule has 1 aliphatic heterocycles. The molecule has 12 heteroatoms. The Hall–Kier alpha value is -2.96. The number of nitrogens with one attached hydrogen (secondary N) is 3. The number of hydrogen-bond donors (Lipinski definition) is 3. The summed E-state index contributed by atoms with van der Waals surface area (Å²) in [6.07, 6.45) is 5.92. The van der Waals surface area contributed by atoms with Crippen LogP contribution in [0.3, 0.4) is 0 Å². The second-order valence-corrected chi connectivity index (χ2v) is 12.0. The van der Waals surface area contributed by atoms with Gasteiger partial charge in [-0.25, -0.2) is 13.1 Å². The molecule has 0 bridgehead atoms. The highest BCUT2D eigenvalue weighted by Gasteiger charge is 2.41. The number of piperidine rings is 1. The molecule has 1 aromatic carbocycles. The normalized spacial score (nSPS) is 22.2. The van der Waals surface area contributed by atoms with Crippen molar-refractivity contribution >= 4 is 20.9 Å². The van der Waals surface area contributed by atoms with Crippen LogP contribution in [0.2, 0.25) is 0 Å². The highest BCUT2D eigenvalue weighted by Crippen LogP contribution is 2.38. The van der Waals surface area contributed by atoms with Gasteiger partial charge in [-0.2, -0.15) is 5.10 Å². The Kier molecular flexibility index (Phi) is 6.29. The van der Waals surface area contributed by atoms with Gasteiger partial charge in [0.05, 0.1) is 28.5 Å². The van der Waals surface area contributed by atoms with Crippen LogP contribution < -0.4 is 21.2 Å². The molecule has 1 saturated heterocycles. The van der Waals surface area contributed by atoms with Gasteiger partial charge in [-0.1, -0.05) is 6.92 Å². The van der Waals surface area contributed by atoms with Crippen molar-refractivity contribution in [1.29, 1.82) is 0 Å². The van der Waals surface area contributed by atoms with Crippen LogP contribution in [0.5, 0.6) is 0 Å². The fourth-order valence-electron chi connectivity index (χ4n) is 5.00. The van der Waals surface area contributed by atoms with E-state index < -0.39 is 15.6 Å². The van der Waals surface area contributed by atoms with Crippen LogP contribution in [0, 0.1) is 5.92 Å². The van der Waals surface area contributed by atoms with Gasteiger partial charge in [-0.05, 0) is 74.0 Å². The Labute approximate surface area is 209 Å². The third-order valence-electron chi connectivity index (χ3n) is 7.26. The van der Waals surface area contributed by atoms with Crippen molar-refractivity contribution in [2.45, 2.75) is 56.0 Å². The third-order valence-corrected chi connectivity index (χ3v) is 8.88. The minimum Gasteiger partial charge on any atom is -0.396 e. The average molecular weight is 516 g/mol. The number of aromatic amines is 1. The maximum absolute atomic E-state index is 13.9. The van der Waals surface area contributed by atoms with Crippen LogP contribution in [-0.4, -0.2) is 53.5 Å². The van der Waals surface area contributed by atoms with Crippen LogP contribution >= 0.6 is 0 Å². The van der Waals surface area contributed by atoms with E-state index in [0.717, 1.165) is 43.5 Å². The molecule has 2 unspecified atom stereocenters. The van der Waals surface area contributed by atoms with Crippen molar-refractivity contribution in [1.82, 2.24) is 29.4 Å². The summed E-state index contributed by atoms with van der Waals surface area (Å²) in [6, 6.07) is 3.20. The van der Waals surface area contributed by atoms with Gasteiger partial charge >= 0.3 is 0 Å². The van der Waals surface area contributed by atoms with E-state index in [1.165, 1.54) is 17.7 Å². The van der Waals surface area contributed by atoms with Gasteiger partial charge in [0, 0.05) is 24.3 Å². The lowest BCUT2D eigenvalue weighted by molar-refractivity contribution is 0.192. The molecule has 3 N–H and O–H groups in total. The van der Waals surface area contributed by atoms with Crippen LogP contribution in [0.1, 0.15) is 50.2 Å². The number of rotatable bonds is 7. The van der Waals surface area contributed by atoms with E-state index in [4.69, 9.17) is 4.84 Å². The molecule has 1 aliphatic carbocycles. The maximum atomic E-state index is 13.9. The van der Waals surface area contributed by atoms with Crippen molar-refractivity contribution in [2.75, 3.05) is 20.2 Å². The minimum absolute atomic E-state index is 0.0700. The second-order valence-electron chi connectivity index (χ2n) is 10.3. The number of aromatic nitrogens is 4. The van der Waals surface area contributed by atoms with E-state index in [9.17, 15) is 13.2 Å². The molecule has 36 heavy (non-hydrogen) atoms. The molecule has 2 aromatic heterocycles. The number of hydrogen-bond acceptors (Lipinski definition) is 7. The van der Waals surface area contributed by atoms with Gasteiger partial charge in [0.15, 0.2) is 0 Å². The fraction of sp³-hybridized carbons (Fsp3) is 0.542. The largest absolute Gasteiger partial charge is 0.396 e. The van der Waals surface area contributed by atoms with Crippen molar-refractivity contribution in [2.24, 2.45) is 18.1 Å². The molecular formula is C24H33N7O4S. The van der Waals surface area contributed by atoms with E-state index in [1.54, 1.807) is 24.0 Å². The van der Waals surface area contributed by atoms with Gasteiger partial charge in [-0.15, -0.1) is 0 Å². The quantitative estimate of drug-likeness (QED) is 0.404. The molecule has 3 heterocycles. The molecular weight excluding hydrogens is 482 g/mol. The molecule has 3 aromatic rings. The smallest absolute Gasteiger partial charge is 0.263 e. The van der Waals surface area contributed by atoms with Crippen molar-refractivity contribution in [3.8, 4) is 0 Å². The first-order valence-electron chi connectivity index (χ1n) is 12.2. The summed E-state index contributed by atoms with van der Waals surface area (Å²) in [4.78, 5) is 22.4. The molecule has 0 amide bonds. The third kappa shape index (κ3) is 4.72. The summed E-state index contributed by atoms with van der Waals surface area (Å²) in [6.45, 7) is 5.86. The van der Waals surface area contributed by atoms with Crippen molar-refractivity contribution in [3.63, 3.8) is 0 Å². The zero-order valence-corrected chi connectivity index (χ0v) is 21.9. The fourth-order valence-corrected chi connectivity index (χ4v) is 6.53. The Morgan fingerprint density at radius 3 is 2.75 bits per heavy atom. The van der Waals surface area contributed by atoms with Gasteiger partial charge in [0.1, 0.15) is 7.11 Å². The average Bonchev–Trinajstić information content (AvgIpc) is 3.39. The lowest BCUT2D eigenvalue weighted by Crippen LogP contribution is -2.38. The lowest BCUT2D eigenvalue weighted by atomic mass is 9.81. The summed E-state index contributed by atoms with van der Waals surface area (Å²) in [5.41, 5.74) is 1.68. The van der Waals surface area contributed by atoms with Gasteiger partial charge in [0.25, 0.3) is 5.56 Å². The maximum Gasteiger partial charge on any atom is 0.263 e. The highest BCUT2D eigenvalue weighted by atomic mass is 32.2. The van der Waals surface area contributed by atoms with Crippen LogP contribution in [0.4, 0.5) is 0 Å². The van der Waals surface area contributed by atoms with E-state index in [0.29, 0.717) is 10.9 Å². The van der Waals surface area contributed by atoms with E-state index in [-0.39, 0.29) is 34.5 Å². The number of sulfonamides is 1. The first-order chi connectivity index (χ1) is 17.1. The van der Waals surface area contributed by atoms with Crippen LogP contribution in [0.25, 0.3) is 10.9 Å². The Bertz CT molecular complexity index is 1530. The molecule has 0 radical (unpaired) electrons. The Morgan fingerprint density at radius 1 is 1.33 bits per heavy atom. The topological polar surface area (TPSA) is 135 Å². The molecule has 11 nitrogen and oxygen atoms in total. The molecule has 2 aliphatic rings. The molecule has 2 fully saturated rings. The van der Waals surface area contributed by atoms with E-state index in [2.05, 4.69) is 32.2 Å². The molecule has 5 rings (SSSR count). The zero-order valence-electron chi connectivity index (χ0n) is 21.0. The predicted molar refractivity (Wildman–Crippen MR) is 135 cm³/mol.